The van der Waals surface area contributed by atoms with Crippen molar-refractivity contribution in [2.75, 3.05) is 19.2 Å². The molecule has 0 radical (unpaired) electrons. The first-order valence-electron chi connectivity index (χ1n) is 9.17. The maximum atomic E-state index is 13.9. The van der Waals surface area contributed by atoms with Gasteiger partial charge >= 0.3 is 6.18 Å². The Kier molecular flexibility index (Phi) is 5.36. The van der Waals surface area contributed by atoms with Gasteiger partial charge in [-0.2, -0.15) is 23.3 Å². The summed E-state index contributed by atoms with van der Waals surface area (Å²) >= 11 is 0.974. The average molecular weight is 449 g/mol. The normalized spacial score (nSPS) is 18.8. The van der Waals surface area contributed by atoms with Crippen molar-refractivity contribution in [3.8, 4) is 22.8 Å². The molecule has 4 rings (SSSR count). The molecule has 1 aliphatic heterocycles. The fraction of sp³-hybridized carbons (Fsp3) is 0.238. The molecule has 1 atom stereocenters. The van der Waals surface area contributed by atoms with Crippen molar-refractivity contribution >= 4 is 22.2 Å². The highest BCUT2D eigenvalue weighted by Crippen LogP contribution is 2.45. The summed E-state index contributed by atoms with van der Waals surface area (Å²) in [6.07, 6.45) is -5.72. The molecule has 0 bridgehead atoms. The lowest BCUT2D eigenvalue weighted by Crippen LogP contribution is -2.55. The number of rotatable bonds is 5. The lowest BCUT2D eigenvalue weighted by Gasteiger charge is -2.32. The smallest absolute Gasteiger partial charge is 0.438 e. The molecule has 1 aromatic heterocycles. The number of anilines is 1. The van der Waals surface area contributed by atoms with Crippen molar-refractivity contribution in [3.63, 3.8) is 0 Å². The number of hydrogen-bond acceptors (Lipinski definition) is 7. The van der Waals surface area contributed by atoms with Gasteiger partial charge in [0.2, 0.25) is 5.13 Å². The van der Waals surface area contributed by atoms with Crippen LogP contribution >= 0.6 is 11.3 Å². The Morgan fingerprint density at radius 2 is 1.74 bits per heavy atom. The van der Waals surface area contributed by atoms with Gasteiger partial charge in [0.15, 0.2) is 11.5 Å². The largest absolute Gasteiger partial charge is 0.493 e. The summed E-state index contributed by atoms with van der Waals surface area (Å²) in [5, 5.41) is 16.9. The summed E-state index contributed by atoms with van der Waals surface area (Å²) in [7, 11) is 2.89. The lowest BCUT2D eigenvalue weighted by molar-refractivity contribution is -0.254. The number of hydrazone groups is 1. The van der Waals surface area contributed by atoms with Gasteiger partial charge in [0.1, 0.15) is 0 Å². The molecule has 10 heteroatoms. The van der Waals surface area contributed by atoms with Gasteiger partial charge < -0.3 is 14.6 Å². The molecule has 0 amide bonds. The minimum Gasteiger partial charge on any atom is -0.493 e. The molecule has 0 saturated heterocycles. The van der Waals surface area contributed by atoms with Gasteiger partial charge in [0.25, 0.3) is 5.72 Å². The first kappa shape index (κ1) is 21.1. The van der Waals surface area contributed by atoms with E-state index in [2.05, 4.69) is 10.1 Å². The van der Waals surface area contributed by atoms with Crippen LogP contribution in [0.3, 0.4) is 0 Å². The third kappa shape index (κ3) is 3.72. The average Bonchev–Trinajstić information content (AvgIpc) is 3.39. The predicted molar refractivity (Wildman–Crippen MR) is 112 cm³/mol. The summed E-state index contributed by atoms with van der Waals surface area (Å²) in [5.41, 5.74) is -1.54. The second-order valence-corrected chi connectivity index (χ2v) is 7.64. The summed E-state index contributed by atoms with van der Waals surface area (Å²) in [4.78, 5) is 4.29. The van der Waals surface area contributed by atoms with Crippen LogP contribution < -0.4 is 14.5 Å². The van der Waals surface area contributed by atoms with Crippen LogP contribution in [0.5, 0.6) is 11.5 Å². The Morgan fingerprint density at radius 3 is 2.39 bits per heavy atom. The van der Waals surface area contributed by atoms with Gasteiger partial charge in [-0.1, -0.05) is 30.3 Å². The molecule has 162 valence electrons. The maximum absolute atomic E-state index is 13.9. The molecule has 1 aliphatic rings. The SMILES string of the molecule is COc1ccc(C2=NN(c3nc(-c4ccccc4)cs3)[C@](O)(C(F)(F)F)C2)cc1OC. The zero-order chi connectivity index (χ0) is 22.2. The van der Waals surface area contributed by atoms with E-state index in [1.54, 1.807) is 29.6 Å². The van der Waals surface area contributed by atoms with Crippen LogP contribution in [0.1, 0.15) is 12.0 Å². The van der Waals surface area contributed by atoms with E-state index in [0.717, 1.165) is 16.9 Å². The van der Waals surface area contributed by atoms with Gasteiger partial charge in [0.05, 0.1) is 32.0 Å². The van der Waals surface area contributed by atoms with Crippen molar-refractivity contribution in [1.82, 2.24) is 4.98 Å². The number of hydrogen-bond donors (Lipinski definition) is 1. The summed E-state index contributed by atoms with van der Waals surface area (Å²) in [5.74, 6) is 0.775. The van der Waals surface area contributed by atoms with Gasteiger partial charge in [0, 0.05) is 16.5 Å². The zero-order valence-electron chi connectivity index (χ0n) is 16.6. The van der Waals surface area contributed by atoms with Crippen LogP contribution in [0.15, 0.2) is 59.0 Å². The van der Waals surface area contributed by atoms with Crippen LogP contribution in [-0.4, -0.2) is 41.9 Å². The Bertz CT molecular complexity index is 1120. The summed E-state index contributed by atoms with van der Waals surface area (Å²) in [6, 6.07) is 13.7. The molecule has 0 spiro atoms. The van der Waals surface area contributed by atoms with Crippen molar-refractivity contribution < 1.29 is 27.8 Å². The molecule has 0 saturated carbocycles. The van der Waals surface area contributed by atoms with E-state index < -0.39 is 18.3 Å². The molecule has 2 heterocycles. The van der Waals surface area contributed by atoms with Gasteiger partial charge in [-0.15, -0.1) is 11.3 Å². The first-order valence-corrected chi connectivity index (χ1v) is 10.0. The fourth-order valence-electron chi connectivity index (χ4n) is 3.25. The molecule has 0 aliphatic carbocycles. The highest BCUT2D eigenvalue weighted by Gasteiger charge is 2.62. The second-order valence-electron chi connectivity index (χ2n) is 6.80. The number of halogens is 3. The highest BCUT2D eigenvalue weighted by molar-refractivity contribution is 7.14. The summed E-state index contributed by atoms with van der Waals surface area (Å²) in [6.45, 7) is 0. The Morgan fingerprint density at radius 1 is 1.03 bits per heavy atom. The van der Waals surface area contributed by atoms with Crippen molar-refractivity contribution in [2.24, 2.45) is 5.10 Å². The van der Waals surface area contributed by atoms with E-state index in [1.165, 1.54) is 20.3 Å². The number of benzene rings is 2. The van der Waals surface area contributed by atoms with E-state index in [-0.39, 0.29) is 10.8 Å². The van der Waals surface area contributed by atoms with E-state index >= 15 is 0 Å². The third-order valence-electron chi connectivity index (χ3n) is 4.90. The highest BCUT2D eigenvalue weighted by atomic mass is 32.1. The van der Waals surface area contributed by atoms with E-state index in [9.17, 15) is 18.3 Å². The first-order chi connectivity index (χ1) is 14.8. The molecule has 3 aromatic rings. The molecule has 2 aromatic carbocycles. The lowest BCUT2D eigenvalue weighted by atomic mass is 10.0. The van der Waals surface area contributed by atoms with Crippen molar-refractivity contribution in [1.29, 1.82) is 0 Å². The molecule has 6 nitrogen and oxygen atoms in total. The second kappa shape index (κ2) is 7.86. The van der Waals surface area contributed by atoms with Crippen LogP contribution in [0.4, 0.5) is 18.3 Å². The van der Waals surface area contributed by atoms with Gasteiger partial charge in [-0.3, -0.25) is 0 Å². The van der Waals surface area contributed by atoms with Crippen molar-refractivity contribution in [2.45, 2.75) is 18.3 Å². The van der Waals surface area contributed by atoms with Gasteiger partial charge in [-0.05, 0) is 18.2 Å². The number of aromatic nitrogens is 1. The number of ether oxygens (including phenoxy) is 2. The number of methoxy groups -OCH3 is 2. The number of nitrogens with zero attached hydrogens (tertiary/aromatic N) is 3. The Labute approximate surface area is 180 Å². The number of aliphatic hydroxyl groups is 1. The number of alkyl halides is 3. The molecule has 31 heavy (non-hydrogen) atoms. The molecular formula is C21H18F3N3O3S. The predicted octanol–water partition coefficient (Wildman–Crippen LogP) is 4.69. The quantitative estimate of drug-likeness (QED) is 0.612. The van der Waals surface area contributed by atoms with Gasteiger partial charge in [-0.25, -0.2) is 4.98 Å². The van der Waals surface area contributed by atoms with Crippen molar-refractivity contribution in [3.05, 3.63) is 59.5 Å². The minimum absolute atomic E-state index is 0.0530. The Hall–Kier alpha value is -3.11. The minimum atomic E-state index is -4.96. The van der Waals surface area contributed by atoms with Crippen LogP contribution in [0, 0.1) is 0 Å². The third-order valence-corrected chi connectivity index (χ3v) is 5.71. The topological polar surface area (TPSA) is 67.2 Å². The summed E-state index contributed by atoms with van der Waals surface area (Å²) < 4.78 is 52.2. The standard InChI is InChI=1S/C21H18F3N3O3S/c1-29-17-9-8-14(10-18(17)30-2)15-11-20(28,21(22,23)24)27(26-15)19-25-16(12-31-19)13-6-4-3-5-7-13/h3-10,12,28H,11H2,1-2H3/t20-/m1/s1. The molecule has 0 unspecified atom stereocenters. The van der Waals surface area contributed by atoms with E-state index in [0.29, 0.717) is 27.8 Å². The molecule has 1 N–H and O–H groups in total. The van der Waals surface area contributed by atoms with E-state index in [1.807, 2.05) is 18.2 Å². The fourth-order valence-corrected chi connectivity index (χ4v) is 4.10. The van der Waals surface area contributed by atoms with Crippen LogP contribution in [-0.2, 0) is 0 Å². The number of thiazole rings is 1. The molecule has 0 fully saturated rings. The monoisotopic (exact) mass is 449 g/mol. The Balaban J connectivity index is 1.76. The molecular weight excluding hydrogens is 431 g/mol. The van der Waals surface area contributed by atoms with E-state index in [4.69, 9.17) is 9.47 Å². The maximum Gasteiger partial charge on any atom is 0.438 e. The van der Waals surface area contributed by atoms with Crippen LogP contribution in [0.25, 0.3) is 11.3 Å². The van der Waals surface area contributed by atoms with Crippen LogP contribution in [0.2, 0.25) is 0 Å². The zero-order valence-corrected chi connectivity index (χ0v) is 17.4.